The van der Waals surface area contributed by atoms with Crippen LogP contribution in [0, 0.1) is 13.8 Å². The third kappa shape index (κ3) is 3.68. The molecule has 0 aliphatic rings. The second-order valence-electron chi connectivity index (χ2n) is 7.05. The number of likely N-dealkylation sites (N-methyl/N-ethyl adjacent to an activating group) is 1. The molecule has 0 saturated carbocycles. The maximum atomic E-state index is 12.9. The Morgan fingerprint density at radius 2 is 1.93 bits per heavy atom. The molecule has 4 aromatic rings. The average Bonchev–Trinajstić information content (AvgIpc) is 3.43. The van der Waals surface area contributed by atoms with Gasteiger partial charge in [0.15, 0.2) is 11.6 Å². The fraction of sp³-hybridized carbons (Fsp3) is 0.286. The van der Waals surface area contributed by atoms with E-state index in [1.807, 2.05) is 51.0 Å². The summed E-state index contributed by atoms with van der Waals surface area (Å²) >= 11 is 1.37. The van der Waals surface area contributed by atoms with Crippen LogP contribution in [-0.2, 0) is 0 Å². The van der Waals surface area contributed by atoms with Crippen molar-refractivity contribution in [2.75, 3.05) is 20.6 Å². The lowest BCUT2D eigenvalue weighted by Crippen LogP contribution is -2.34. The summed E-state index contributed by atoms with van der Waals surface area (Å²) in [4.78, 5) is 25.6. The molecule has 4 aromatic heterocycles. The van der Waals surface area contributed by atoms with Crippen LogP contribution in [0.2, 0.25) is 0 Å². The molecule has 0 bridgehead atoms. The smallest absolute Gasteiger partial charge is 0.261 e. The number of carbonyl (C=O) groups excluding carboxylic acids is 1. The highest BCUT2D eigenvalue weighted by atomic mass is 32.1. The number of amides is 1. The van der Waals surface area contributed by atoms with E-state index in [2.05, 4.69) is 15.3 Å². The van der Waals surface area contributed by atoms with Crippen molar-refractivity contribution < 1.29 is 13.6 Å². The number of hydrogen-bond donors (Lipinski definition) is 1. The summed E-state index contributed by atoms with van der Waals surface area (Å²) < 4.78 is 10.9. The molecule has 0 aromatic carbocycles. The summed E-state index contributed by atoms with van der Waals surface area (Å²) in [6.45, 7) is 4.30. The van der Waals surface area contributed by atoms with Gasteiger partial charge in [0.05, 0.1) is 29.1 Å². The van der Waals surface area contributed by atoms with E-state index in [0.717, 1.165) is 27.2 Å². The molecule has 150 valence electrons. The molecule has 0 radical (unpaired) electrons. The summed E-state index contributed by atoms with van der Waals surface area (Å²) in [5.41, 5.74) is 1.72. The highest BCUT2D eigenvalue weighted by Crippen LogP contribution is 2.33. The molecule has 0 aliphatic heterocycles. The highest BCUT2D eigenvalue weighted by molar-refractivity contribution is 7.20. The number of hydrogen-bond acceptors (Lipinski definition) is 7. The first-order chi connectivity index (χ1) is 14.0. The van der Waals surface area contributed by atoms with Gasteiger partial charge in [0.1, 0.15) is 10.6 Å². The second kappa shape index (κ2) is 7.81. The van der Waals surface area contributed by atoms with Crippen LogP contribution in [-0.4, -0.2) is 41.4 Å². The molecule has 8 heteroatoms. The van der Waals surface area contributed by atoms with Gasteiger partial charge in [-0.2, -0.15) is 0 Å². The van der Waals surface area contributed by atoms with E-state index in [-0.39, 0.29) is 11.9 Å². The van der Waals surface area contributed by atoms with E-state index in [1.165, 1.54) is 11.3 Å². The Balaban J connectivity index is 1.61. The SMILES string of the molecule is Cc1nc(-c2ccco2)nc2sc(C(=O)NCC(c3ccco3)N(C)C)c(C)c12. The van der Waals surface area contributed by atoms with Gasteiger partial charge in [0.2, 0.25) is 0 Å². The molecule has 1 unspecified atom stereocenters. The van der Waals surface area contributed by atoms with E-state index in [1.54, 1.807) is 18.6 Å². The van der Waals surface area contributed by atoms with Crippen molar-refractivity contribution in [1.29, 1.82) is 0 Å². The molecule has 1 amide bonds. The van der Waals surface area contributed by atoms with E-state index in [0.29, 0.717) is 23.0 Å². The Labute approximate surface area is 172 Å². The van der Waals surface area contributed by atoms with Gasteiger partial charge in [-0.3, -0.25) is 9.69 Å². The predicted octanol–water partition coefficient (Wildman–Crippen LogP) is 4.19. The summed E-state index contributed by atoms with van der Waals surface area (Å²) in [5, 5.41) is 3.96. The number of fused-ring (bicyclic) bond motifs is 1. The number of nitrogens with one attached hydrogen (secondary N) is 1. The maximum absolute atomic E-state index is 12.9. The van der Waals surface area contributed by atoms with Gasteiger partial charge >= 0.3 is 0 Å². The molecule has 0 fully saturated rings. The zero-order valence-corrected chi connectivity index (χ0v) is 17.5. The van der Waals surface area contributed by atoms with Crippen LogP contribution in [0.25, 0.3) is 21.8 Å². The molecule has 0 aliphatic carbocycles. The minimum atomic E-state index is -0.122. The van der Waals surface area contributed by atoms with E-state index >= 15 is 0 Å². The van der Waals surface area contributed by atoms with Crippen LogP contribution >= 0.6 is 11.3 Å². The Hall–Kier alpha value is -2.97. The fourth-order valence-corrected chi connectivity index (χ4v) is 4.51. The Morgan fingerprint density at radius 1 is 1.17 bits per heavy atom. The van der Waals surface area contributed by atoms with Gasteiger partial charge in [0, 0.05) is 11.9 Å². The summed E-state index contributed by atoms with van der Waals surface area (Å²) in [5.74, 6) is 1.83. The lowest BCUT2D eigenvalue weighted by atomic mass is 10.1. The first-order valence-electron chi connectivity index (χ1n) is 9.25. The molecule has 4 heterocycles. The number of carbonyl (C=O) groups is 1. The van der Waals surface area contributed by atoms with Crippen LogP contribution in [0.5, 0.6) is 0 Å². The number of thiophene rings is 1. The van der Waals surface area contributed by atoms with Crippen molar-refractivity contribution in [1.82, 2.24) is 20.2 Å². The van der Waals surface area contributed by atoms with E-state index in [9.17, 15) is 4.79 Å². The molecule has 7 nitrogen and oxygen atoms in total. The molecule has 1 atom stereocenters. The number of aromatic nitrogens is 2. The number of nitrogens with zero attached hydrogens (tertiary/aromatic N) is 3. The number of rotatable bonds is 6. The Kier molecular flexibility index (Phi) is 5.21. The number of furan rings is 2. The van der Waals surface area contributed by atoms with Crippen molar-refractivity contribution in [2.24, 2.45) is 0 Å². The van der Waals surface area contributed by atoms with Gasteiger partial charge < -0.3 is 14.2 Å². The van der Waals surface area contributed by atoms with Gasteiger partial charge in [-0.25, -0.2) is 9.97 Å². The van der Waals surface area contributed by atoms with Crippen molar-refractivity contribution in [3.8, 4) is 11.6 Å². The van der Waals surface area contributed by atoms with E-state index < -0.39 is 0 Å². The lowest BCUT2D eigenvalue weighted by molar-refractivity contribution is 0.0942. The fourth-order valence-electron chi connectivity index (χ4n) is 3.36. The van der Waals surface area contributed by atoms with Crippen molar-refractivity contribution in [3.05, 3.63) is 58.7 Å². The third-order valence-electron chi connectivity index (χ3n) is 4.87. The highest BCUT2D eigenvalue weighted by Gasteiger charge is 2.22. The van der Waals surface area contributed by atoms with Gasteiger partial charge in [-0.05, 0) is 57.8 Å². The minimum absolute atomic E-state index is 0.0456. The quantitative estimate of drug-likeness (QED) is 0.513. The monoisotopic (exact) mass is 410 g/mol. The van der Waals surface area contributed by atoms with Crippen molar-refractivity contribution >= 4 is 27.5 Å². The van der Waals surface area contributed by atoms with Gasteiger partial charge in [-0.15, -0.1) is 11.3 Å². The van der Waals surface area contributed by atoms with Gasteiger partial charge in [-0.1, -0.05) is 0 Å². The molecule has 0 spiro atoms. The molecular formula is C21H22N4O3S. The van der Waals surface area contributed by atoms with Crippen molar-refractivity contribution in [3.63, 3.8) is 0 Å². The first-order valence-corrected chi connectivity index (χ1v) is 10.1. The summed E-state index contributed by atoms with van der Waals surface area (Å²) in [6, 6.07) is 7.34. The topological polar surface area (TPSA) is 84.4 Å². The van der Waals surface area contributed by atoms with Crippen LogP contribution in [0.3, 0.4) is 0 Å². The Bertz CT molecular complexity index is 1130. The molecule has 0 saturated heterocycles. The average molecular weight is 410 g/mol. The number of aryl methyl sites for hydroxylation is 2. The molecular weight excluding hydrogens is 388 g/mol. The Morgan fingerprint density at radius 3 is 2.59 bits per heavy atom. The third-order valence-corrected chi connectivity index (χ3v) is 6.05. The van der Waals surface area contributed by atoms with Crippen LogP contribution in [0.4, 0.5) is 0 Å². The van der Waals surface area contributed by atoms with E-state index in [4.69, 9.17) is 8.83 Å². The lowest BCUT2D eigenvalue weighted by Gasteiger charge is -2.22. The standard InChI is InChI=1S/C21H22N4O3S/c1-12-17-13(2)23-19(16-8-6-10-28-16)24-21(17)29-18(12)20(26)22-11-14(25(3)4)15-7-5-9-27-15/h5-10,14H,11H2,1-4H3,(H,22,26). The normalized spacial score (nSPS) is 12.6. The summed E-state index contributed by atoms with van der Waals surface area (Å²) in [7, 11) is 3.91. The molecule has 1 N–H and O–H groups in total. The largest absolute Gasteiger partial charge is 0.468 e. The summed E-state index contributed by atoms with van der Waals surface area (Å²) in [6.07, 6.45) is 3.23. The van der Waals surface area contributed by atoms with Crippen LogP contribution in [0.1, 0.15) is 32.7 Å². The van der Waals surface area contributed by atoms with Gasteiger partial charge in [0.25, 0.3) is 5.91 Å². The zero-order valence-electron chi connectivity index (χ0n) is 16.7. The van der Waals surface area contributed by atoms with Crippen LogP contribution in [0.15, 0.2) is 45.6 Å². The minimum Gasteiger partial charge on any atom is -0.468 e. The maximum Gasteiger partial charge on any atom is 0.261 e. The first kappa shape index (κ1) is 19.4. The van der Waals surface area contributed by atoms with Crippen molar-refractivity contribution in [2.45, 2.75) is 19.9 Å². The molecule has 29 heavy (non-hydrogen) atoms. The predicted molar refractivity (Wildman–Crippen MR) is 112 cm³/mol. The molecule has 4 rings (SSSR count). The zero-order chi connectivity index (χ0) is 20.5. The van der Waals surface area contributed by atoms with Crippen LogP contribution < -0.4 is 5.32 Å². The second-order valence-corrected chi connectivity index (χ2v) is 8.05.